The smallest absolute Gasteiger partial charge is 0.119 e. The molecule has 0 fully saturated rings. The molecule has 0 saturated heterocycles. The molecule has 0 spiro atoms. The van der Waals surface area contributed by atoms with Gasteiger partial charge in [-0.05, 0) is 24.3 Å². The SMILES string of the molecule is SCCNCCOc1ccc(Cl)cc1. The second-order valence-electron chi connectivity index (χ2n) is 2.78. The van der Waals surface area contributed by atoms with Crippen molar-refractivity contribution < 1.29 is 4.74 Å². The lowest BCUT2D eigenvalue weighted by molar-refractivity contribution is 0.315. The number of halogens is 1. The topological polar surface area (TPSA) is 21.3 Å². The van der Waals surface area contributed by atoms with Crippen LogP contribution in [0, 0.1) is 0 Å². The van der Waals surface area contributed by atoms with Crippen LogP contribution < -0.4 is 10.1 Å². The summed E-state index contributed by atoms with van der Waals surface area (Å²) >= 11 is 9.82. The summed E-state index contributed by atoms with van der Waals surface area (Å²) in [7, 11) is 0. The largest absolute Gasteiger partial charge is 0.492 e. The Labute approximate surface area is 95.0 Å². The fraction of sp³-hybridized carbons (Fsp3) is 0.400. The Balaban J connectivity index is 2.15. The third-order valence-corrected chi connectivity index (χ3v) is 2.13. The zero-order valence-corrected chi connectivity index (χ0v) is 9.52. The van der Waals surface area contributed by atoms with Crippen LogP contribution in [0.3, 0.4) is 0 Å². The van der Waals surface area contributed by atoms with Gasteiger partial charge in [-0.1, -0.05) is 11.6 Å². The van der Waals surface area contributed by atoms with E-state index in [2.05, 4.69) is 17.9 Å². The monoisotopic (exact) mass is 231 g/mol. The van der Waals surface area contributed by atoms with Crippen molar-refractivity contribution in [3.8, 4) is 5.75 Å². The summed E-state index contributed by atoms with van der Waals surface area (Å²) < 4.78 is 5.46. The third-order valence-electron chi connectivity index (χ3n) is 1.65. The van der Waals surface area contributed by atoms with Crippen molar-refractivity contribution in [3.63, 3.8) is 0 Å². The van der Waals surface area contributed by atoms with Crippen molar-refractivity contribution in [1.82, 2.24) is 5.32 Å². The number of hydrogen-bond acceptors (Lipinski definition) is 3. The number of hydrogen-bond donors (Lipinski definition) is 2. The van der Waals surface area contributed by atoms with Gasteiger partial charge in [-0.15, -0.1) is 0 Å². The van der Waals surface area contributed by atoms with E-state index in [-0.39, 0.29) is 0 Å². The summed E-state index contributed by atoms with van der Waals surface area (Å²) in [5.41, 5.74) is 0. The molecule has 1 rings (SSSR count). The minimum Gasteiger partial charge on any atom is -0.492 e. The van der Waals surface area contributed by atoms with Crippen LogP contribution in [0.2, 0.25) is 5.02 Å². The van der Waals surface area contributed by atoms with Gasteiger partial charge in [-0.25, -0.2) is 0 Å². The van der Waals surface area contributed by atoms with Crippen molar-refractivity contribution in [2.24, 2.45) is 0 Å². The predicted molar refractivity (Wildman–Crippen MR) is 63.7 cm³/mol. The number of thiol groups is 1. The molecule has 0 aliphatic heterocycles. The maximum Gasteiger partial charge on any atom is 0.119 e. The molecule has 0 aliphatic carbocycles. The highest BCUT2D eigenvalue weighted by molar-refractivity contribution is 7.80. The van der Waals surface area contributed by atoms with Crippen LogP contribution >= 0.6 is 24.2 Å². The molecule has 14 heavy (non-hydrogen) atoms. The Hall–Kier alpha value is -0.380. The van der Waals surface area contributed by atoms with E-state index in [0.717, 1.165) is 29.6 Å². The molecule has 0 bridgehead atoms. The lowest BCUT2D eigenvalue weighted by atomic mass is 10.3. The van der Waals surface area contributed by atoms with Gasteiger partial charge in [-0.2, -0.15) is 12.6 Å². The lowest BCUT2D eigenvalue weighted by Crippen LogP contribution is -2.22. The van der Waals surface area contributed by atoms with Crippen LogP contribution in [-0.4, -0.2) is 25.4 Å². The maximum atomic E-state index is 5.74. The van der Waals surface area contributed by atoms with E-state index in [0.29, 0.717) is 6.61 Å². The Bertz CT molecular complexity index is 253. The average molecular weight is 232 g/mol. The molecule has 4 heteroatoms. The molecule has 0 aromatic heterocycles. The van der Waals surface area contributed by atoms with Crippen LogP contribution in [-0.2, 0) is 0 Å². The van der Waals surface area contributed by atoms with Crippen LogP contribution in [0.4, 0.5) is 0 Å². The van der Waals surface area contributed by atoms with E-state index < -0.39 is 0 Å². The molecule has 78 valence electrons. The van der Waals surface area contributed by atoms with Crippen LogP contribution in [0.25, 0.3) is 0 Å². The first-order chi connectivity index (χ1) is 6.83. The van der Waals surface area contributed by atoms with Crippen LogP contribution in [0.5, 0.6) is 5.75 Å². The molecule has 0 saturated carbocycles. The van der Waals surface area contributed by atoms with Gasteiger partial charge in [0.05, 0.1) is 0 Å². The zero-order valence-electron chi connectivity index (χ0n) is 7.87. The van der Waals surface area contributed by atoms with Crippen LogP contribution in [0.1, 0.15) is 0 Å². The second-order valence-corrected chi connectivity index (χ2v) is 3.66. The molecule has 0 radical (unpaired) electrons. The van der Waals surface area contributed by atoms with Gasteiger partial charge in [0, 0.05) is 23.9 Å². The standard InChI is InChI=1S/C10H14ClNOS/c11-9-1-3-10(4-2-9)13-7-5-12-6-8-14/h1-4,12,14H,5-8H2. The molecule has 0 unspecified atom stereocenters. The second kappa shape index (κ2) is 6.98. The minimum atomic E-state index is 0.662. The van der Waals surface area contributed by atoms with Gasteiger partial charge in [0.25, 0.3) is 0 Å². The molecule has 0 atom stereocenters. The molecule has 1 aromatic carbocycles. The minimum absolute atomic E-state index is 0.662. The Morgan fingerprint density at radius 1 is 1.21 bits per heavy atom. The van der Waals surface area contributed by atoms with Gasteiger partial charge in [0.15, 0.2) is 0 Å². The molecule has 0 heterocycles. The van der Waals surface area contributed by atoms with Gasteiger partial charge in [0.2, 0.25) is 0 Å². The van der Waals surface area contributed by atoms with Gasteiger partial charge in [0.1, 0.15) is 12.4 Å². The van der Waals surface area contributed by atoms with Crippen molar-refractivity contribution in [2.75, 3.05) is 25.4 Å². The molecule has 0 amide bonds. The highest BCUT2D eigenvalue weighted by atomic mass is 35.5. The van der Waals surface area contributed by atoms with Crippen molar-refractivity contribution in [2.45, 2.75) is 0 Å². The predicted octanol–water partition coefficient (Wildman–Crippen LogP) is 2.24. The van der Waals surface area contributed by atoms with E-state index >= 15 is 0 Å². The Morgan fingerprint density at radius 2 is 1.93 bits per heavy atom. The normalized spacial score (nSPS) is 10.1. The van der Waals surface area contributed by atoms with Gasteiger partial charge in [-0.3, -0.25) is 0 Å². The number of ether oxygens (including phenoxy) is 1. The fourth-order valence-electron chi connectivity index (χ4n) is 0.976. The highest BCUT2D eigenvalue weighted by Crippen LogP contribution is 2.14. The zero-order chi connectivity index (χ0) is 10.2. The number of nitrogens with one attached hydrogen (secondary N) is 1. The van der Waals surface area contributed by atoms with Gasteiger partial charge >= 0.3 is 0 Å². The first-order valence-electron chi connectivity index (χ1n) is 4.53. The van der Waals surface area contributed by atoms with E-state index in [9.17, 15) is 0 Å². The highest BCUT2D eigenvalue weighted by Gasteiger charge is 1.92. The molecular weight excluding hydrogens is 218 g/mol. The number of rotatable bonds is 6. The van der Waals surface area contributed by atoms with E-state index in [1.54, 1.807) is 0 Å². The van der Waals surface area contributed by atoms with Crippen LogP contribution in [0.15, 0.2) is 24.3 Å². The van der Waals surface area contributed by atoms with Crippen molar-refractivity contribution in [3.05, 3.63) is 29.3 Å². The van der Waals surface area contributed by atoms with Crippen molar-refractivity contribution >= 4 is 24.2 Å². The molecular formula is C10H14ClNOS. The molecule has 1 aromatic rings. The summed E-state index contributed by atoms with van der Waals surface area (Å²) in [5.74, 6) is 1.70. The Morgan fingerprint density at radius 3 is 2.57 bits per heavy atom. The summed E-state index contributed by atoms with van der Waals surface area (Å²) in [6, 6.07) is 7.36. The first-order valence-corrected chi connectivity index (χ1v) is 5.54. The molecule has 0 aliphatic rings. The maximum absolute atomic E-state index is 5.74. The number of benzene rings is 1. The summed E-state index contributed by atoms with van der Waals surface area (Å²) in [6.07, 6.45) is 0. The molecule has 1 N–H and O–H groups in total. The fourth-order valence-corrected chi connectivity index (χ4v) is 1.26. The van der Waals surface area contributed by atoms with E-state index in [1.165, 1.54) is 0 Å². The van der Waals surface area contributed by atoms with E-state index in [1.807, 2.05) is 24.3 Å². The Kier molecular flexibility index (Phi) is 5.83. The summed E-state index contributed by atoms with van der Waals surface area (Å²) in [5, 5.41) is 3.92. The van der Waals surface area contributed by atoms with Gasteiger partial charge < -0.3 is 10.1 Å². The first kappa shape index (κ1) is 11.7. The quantitative estimate of drug-likeness (QED) is 0.579. The van der Waals surface area contributed by atoms with E-state index in [4.69, 9.17) is 16.3 Å². The lowest BCUT2D eigenvalue weighted by Gasteiger charge is -2.06. The molecule has 2 nitrogen and oxygen atoms in total. The van der Waals surface area contributed by atoms with Crippen molar-refractivity contribution in [1.29, 1.82) is 0 Å². The summed E-state index contributed by atoms with van der Waals surface area (Å²) in [6.45, 7) is 2.41. The average Bonchev–Trinajstić information content (AvgIpc) is 2.21. The third kappa shape index (κ3) is 4.74. The summed E-state index contributed by atoms with van der Waals surface area (Å²) in [4.78, 5) is 0.